The molecule has 3 heterocycles. The van der Waals surface area contributed by atoms with Crippen LogP contribution in [0.2, 0.25) is 0 Å². The number of carbonyl (C=O) groups excluding carboxylic acids is 1. The van der Waals surface area contributed by atoms with Gasteiger partial charge in [-0.15, -0.1) is 11.3 Å². The summed E-state index contributed by atoms with van der Waals surface area (Å²) in [5.41, 5.74) is 1.89. The smallest absolute Gasteiger partial charge is 0.253 e. The number of piperidine rings is 1. The van der Waals surface area contributed by atoms with E-state index in [1.54, 1.807) is 18.4 Å². The predicted octanol–water partition coefficient (Wildman–Crippen LogP) is 3.10. The summed E-state index contributed by atoms with van der Waals surface area (Å²) in [4.78, 5) is 24.3. The van der Waals surface area contributed by atoms with Crippen LogP contribution >= 0.6 is 11.3 Å². The van der Waals surface area contributed by atoms with Crippen molar-refractivity contribution in [2.45, 2.75) is 25.8 Å². The molecule has 1 amide bonds. The number of carbonyl (C=O) groups is 1. The van der Waals surface area contributed by atoms with E-state index in [1.165, 1.54) is 38.0 Å². The number of anilines is 1. The van der Waals surface area contributed by atoms with Crippen LogP contribution in [-0.2, 0) is 6.54 Å². The second kappa shape index (κ2) is 8.92. The maximum atomic E-state index is 12.7. The van der Waals surface area contributed by atoms with Gasteiger partial charge in [-0.2, -0.15) is 0 Å². The maximum Gasteiger partial charge on any atom is 0.253 e. The molecule has 0 spiro atoms. The lowest BCUT2D eigenvalue weighted by Gasteiger charge is -2.34. The molecular weight excluding hydrogens is 372 g/mol. The first-order chi connectivity index (χ1) is 13.7. The summed E-state index contributed by atoms with van der Waals surface area (Å²) in [6.45, 7) is 6.47. The number of hydrogen-bond acceptors (Lipinski definition) is 6. The van der Waals surface area contributed by atoms with Gasteiger partial charge in [0, 0.05) is 43.7 Å². The van der Waals surface area contributed by atoms with E-state index in [4.69, 9.17) is 9.72 Å². The van der Waals surface area contributed by atoms with Gasteiger partial charge in [0.25, 0.3) is 5.91 Å². The molecule has 1 aromatic carbocycles. The zero-order valence-corrected chi connectivity index (χ0v) is 17.3. The molecule has 0 radical (unpaired) electrons. The van der Waals surface area contributed by atoms with Gasteiger partial charge in [-0.1, -0.05) is 6.42 Å². The Morgan fingerprint density at radius 1 is 1.04 bits per heavy atom. The molecule has 2 fully saturated rings. The van der Waals surface area contributed by atoms with Crippen LogP contribution in [0.1, 0.15) is 35.3 Å². The van der Waals surface area contributed by atoms with Gasteiger partial charge >= 0.3 is 0 Å². The van der Waals surface area contributed by atoms with Crippen molar-refractivity contribution in [3.05, 3.63) is 40.9 Å². The molecule has 1 aromatic heterocycles. The van der Waals surface area contributed by atoms with Crippen molar-refractivity contribution < 1.29 is 9.53 Å². The number of nitrogens with zero attached hydrogens (tertiary/aromatic N) is 4. The number of likely N-dealkylation sites (tertiary alicyclic amines) is 1. The minimum Gasteiger partial charge on any atom is -0.497 e. The first kappa shape index (κ1) is 19.2. The highest BCUT2D eigenvalue weighted by Crippen LogP contribution is 2.24. The molecule has 0 N–H and O–H groups in total. The van der Waals surface area contributed by atoms with Crippen molar-refractivity contribution in [2.24, 2.45) is 0 Å². The van der Waals surface area contributed by atoms with E-state index in [-0.39, 0.29) is 5.91 Å². The summed E-state index contributed by atoms with van der Waals surface area (Å²) in [5, 5.41) is 3.28. The summed E-state index contributed by atoms with van der Waals surface area (Å²) in [7, 11) is 1.63. The third-order valence-corrected chi connectivity index (χ3v) is 6.50. The fourth-order valence-electron chi connectivity index (χ4n) is 3.88. The second-order valence-corrected chi connectivity index (χ2v) is 8.30. The fraction of sp³-hybridized carbons (Fsp3) is 0.524. The predicted molar refractivity (Wildman–Crippen MR) is 112 cm³/mol. The van der Waals surface area contributed by atoms with Crippen LogP contribution in [0.15, 0.2) is 29.6 Å². The lowest BCUT2D eigenvalue weighted by molar-refractivity contribution is 0.0746. The number of aromatic nitrogens is 1. The standard InChI is InChI=1S/C21H28N4O2S/c1-27-19-7-5-17(6-8-19)20(26)24-11-13-25(14-12-24)21-22-18(16-28-21)15-23-9-3-2-4-10-23/h5-8,16H,2-4,9-15H2,1H3. The fourth-order valence-corrected chi connectivity index (χ4v) is 4.75. The molecule has 2 aromatic rings. The minimum absolute atomic E-state index is 0.0900. The summed E-state index contributed by atoms with van der Waals surface area (Å²) in [6, 6.07) is 7.34. The molecule has 28 heavy (non-hydrogen) atoms. The van der Waals surface area contributed by atoms with E-state index in [1.807, 2.05) is 29.2 Å². The van der Waals surface area contributed by atoms with E-state index in [0.29, 0.717) is 5.56 Å². The number of piperazine rings is 1. The van der Waals surface area contributed by atoms with Crippen molar-refractivity contribution >= 4 is 22.4 Å². The maximum absolute atomic E-state index is 12.7. The topological polar surface area (TPSA) is 48.9 Å². The highest BCUT2D eigenvalue weighted by molar-refractivity contribution is 7.13. The number of benzene rings is 1. The van der Waals surface area contributed by atoms with Crippen molar-refractivity contribution in [1.29, 1.82) is 0 Å². The van der Waals surface area contributed by atoms with Gasteiger partial charge in [-0.3, -0.25) is 9.69 Å². The summed E-state index contributed by atoms with van der Waals surface area (Å²) in [5.74, 6) is 0.859. The van der Waals surface area contributed by atoms with E-state index < -0.39 is 0 Å². The van der Waals surface area contributed by atoms with Crippen LogP contribution in [0.3, 0.4) is 0 Å². The number of ether oxygens (including phenoxy) is 1. The number of hydrogen-bond donors (Lipinski definition) is 0. The first-order valence-corrected chi connectivity index (χ1v) is 11.0. The molecule has 4 rings (SSSR count). The van der Waals surface area contributed by atoms with Gasteiger partial charge in [0.05, 0.1) is 12.8 Å². The highest BCUT2D eigenvalue weighted by Gasteiger charge is 2.24. The Labute approximate surface area is 170 Å². The monoisotopic (exact) mass is 400 g/mol. The molecule has 2 saturated heterocycles. The minimum atomic E-state index is 0.0900. The largest absolute Gasteiger partial charge is 0.497 e. The molecular formula is C21H28N4O2S. The van der Waals surface area contributed by atoms with Crippen LogP contribution in [0, 0.1) is 0 Å². The Hall–Kier alpha value is -2.12. The van der Waals surface area contributed by atoms with E-state index >= 15 is 0 Å². The molecule has 0 aliphatic carbocycles. The Morgan fingerprint density at radius 3 is 2.43 bits per heavy atom. The second-order valence-electron chi connectivity index (χ2n) is 7.47. The average Bonchev–Trinajstić information content (AvgIpc) is 3.22. The Balaban J connectivity index is 1.30. The highest BCUT2D eigenvalue weighted by atomic mass is 32.1. The molecule has 0 bridgehead atoms. The molecule has 6 nitrogen and oxygen atoms in total. The summed E-state index contributed by atoms with van der Waals surface area (Å²) < 4.78 is 5.17. The molecule has 2 aliphatic rings. The van der Waals surface area contributed by atoms with Gasteiger partial charge < -0.3 is 14.5 Å². The third-order valence-electron chi connectivity index (χ3n) is 5.55. The molecule has 0 atom stereocenters. The summed E-state index contributed by atoms with van der Waals surface area (Å²) >= 11 is 1.73. The van der Waals surface area contributed by atoms with Crippen molar-refractivity contribution in [3.63, 3.8) is 0 Å². The van der Waals surface area contributed by atoms with Gasteiger partial charge in [0.1, 0.15) is 5.75 Å². The van der Waals surface area contributed by atoms with E-state index in [2.05, 4.69) is 15.2 Å². The lowest BCUT2D eigenvalue weighted by atomic mass is 10.1. The van der Waals surface area contributed by atoms with Crippen LogP contribution in [0.4, 0.5) is 5.13 Å². The van der Waals surface area contributed by atoms with Crippen molar-refractivity contribution in [2.75, 3.05) is 51.3 Å². The number of methoxy groups -OCH3 is 1. The van der Waals surface area contributed by atoms with Gasteiger partial charge in [-0.25, -0.2) is 4.98 Å². The lowest BCUT2D eigenvalue weighted by Crippen LogP contribution is -2.48. The third kappa shape index (κ3) is 4.47. The number of thiazole rings is 1. The SMILES string of the molecule is COc1ccc(C(=O)N2CCN(c3nc(CN4CCCCC4)cs3)CC2)cc1. The first-order valence-electron chi connectivity index (χ1n) is 10.1. The van der Waals surface area contributed by atoms with E-state index in [9.17, 15) is 4.79 Å². The van der Waals surface area contributed by atoms with Crippen LogP contribution in [0.25, 0.3) is 0 Å². The normalized spacial score (nSPS) is 18.3. The number of amides is 1. The van der Waals surface area contributed by atoms with Crippen LogP contribution in [-0.4, -0.2) is 67.1 Å². The Morgan fingerprint density at radius 2 is 1.75 bits per heavy atom. The van der Waals surface area contributed by atoms with Crippen molar-refractivity contribution in [1.82, 2.24) is 14.8 Å². The van der Waals surface area contributed by atoms with Crippen molar-refractivity contribution in [3.8, 4) is 5.75 Å². The molecule has 150 valence electrons. The molecule has 2 aliphatic heterocycles. The summed E-state index contributed by atoms with van der Waals surface area (Å²) in [6.07, 6.45) is 3.97. The van der Waals surface area contributed by atoms with Gasteiger partial charge in [0.2, 0.25) is 0 Å². The quantitative estimate of drug-likeness (QED) is 0.772. The van der Waals surface area contributed by atoms with E-state index in [0.717, 1.165) is 43.6 Å². The molecule has 0 unspecified atom stereocenters. The van der Waals surface area contributed by atoms with Gasteiger partial charge in [-0.05, 0) is 50.2 Å². The Bertz CT molecular complexity index is 778. The van der Waals surface area contributed by atoms with Crippen LogP contribution < -0.4 is 9.64 Å². The number of rotatable bonds is 5. The molecule has 0 saturated carbocycles. The zero-order chi connectivity index (χ0) is 19.3. The zero-order valence-electron chi connectivity index (χ0n) is 16.5. The van der Waals surface area contributed by atoms with Gasteiger partial charge in [0.15, 0.2) is 5.13 Å². The Kier molecular flexibility index (Phi) is 6.12. The average molecular weight is 401 g/mol. The van der Waals surface area contributed by atoms with Crippen LogP contribution in [0.5, 0.6) is 5.75 Å². The molecule has 7 heteroatoms.